The van der Waals surface area contributed by atoms with Crippen LogP contribution in [0.15, 0.2) is 41.2 Å². The second-order valence-electron chi connectivity index (χ2n) is 6.41. The normalized spacial score (nSPS) is 25.1. The van der Waals surface area contributed by atoms with Crippen molar-refractivity contribution in [2.45, 2.75) is 19.4 Å². The monoisotopic (exact) mass is 310 g/mol. The zero-order chi connectivity index (χ0) is 15.8. The molecule has 1 saturated carbocycles. The third-order valence-electron chi connectivity index (χ3n) is 4.90. The van der Waals surface area contributed by atoms with Crippen LogP contribution in [0.1, 0.15) is 12.8 Å². The first-order chi connectivity index (χ1) is 11.2. The van der Waals surface area contributed by atoms with Crippen molar-refractivity contribution in [1.29, 1.82) is 0 Å². The van der Waals surface area contributed by atoms with E-state index in [4.69, 9.17) is 0 Å². The third kappa shape index (κ3) is 2.65. The maximum atomic E-state index is 12.3. The zero-order valence-corrected chi connectivity index (χ0v) is 12.7. The maximum Gasteiger partial charge on any atom is 0.278 e. The van der Waals surface area contributed by atoms with Crippen molar-refractivity contribution >= 4 is 16.8 Å². The molecule has 4 rings (SSSR count). The standard InChI is InChI=1S/C17H18N4O2/c22-16(18-9-13-8-11-5-6-12(13)7-11)10-21-17(23)14-3-1-2-4-15(14)19-20-21/h1-6,11-13H,7-10H2,(H,18,22)/t11-,12-,13-/m0/s1. The van der Waals surface area contributed by atoms with E-state index < -0.39 is 0 Å². The summed E-state index contributed by atoms with van der Waals surface area (Å²) < 4.78 is 1.12. The number of benzene rings is 1. The molecule has 0 radical (unpaired) electrons. The number of aromatic nitrogens is 3. The van der Waals surface area contributed by atoms with Crippen molar-refractivity contribution in [3.05, 3.63) is 46.8 Å². The van der Waals surface area contributed by atoms with Crippen LogP contribution in [0.3, 0.4) is 0 Å². The number of hydrogen-bond acceptors (Lipinski definition) is 4. The lowest BCUT2D eigenvalue weighted by Crippen LogP contribution is -2.37. The first-order valence-electron chi connectivity index (χ1n) is 7.98. The van der Waals surface area contributed by atoms with Crippen molar-refractivity contribution in [1.82, 2.24) is 20.3 Å². The van der Waals surface area contributed by atoms with Crippen LogP contribution in [0.4, 0.5) is 0 Å². The summed E-state index contributed by atoms with van der Waals surface area (Å²) in [5.41, 5.74) is 0.261. The molecule has 2 aromatic rings. The van der Waals surface area contributed by atoms with E-state index in [-0.39, 0.29) is 18.0 Å². The third-order valence-corrected chi connectivity index (χ3v) is 4.90. The fraction of sp³-hybridized carbons (Fsp3) is 0.412. The van der Waals surface area contributed by atoms with Crippen molar-refractivity contribution in [3.63, 3.8) is 0 Å². The van der Waals surface area contributed by atoms with Crippen LogP contribution in [0.5, 0.6) is 0 Å². The minimum atomic E-state index is -0.284. The molecule has 2 aliphatic rings. The van der Waals surface area contributed by atoms with Crippen LogP contribution < -0.4 is 10.9 Å². The summed E-state index contributed by atoms with van der Waals surface area (Å²) in [6, 6.07) is 7.01. The smallest absolute Gasteiger partial charge is 0.278 e. The first-order valence-corrected chi connectivity index (χ1v) is 7.98. The molecule has 0 unspecified atom stereocenters. The second kappa shape index (κ2) is 5.61. The molecule has 118 valence electrons. The van der Waals surface area contributed by atoms with E-state index in [9.17, 15) is 9.59 Å². The minimum absolute atomic E-state index is 0.0900. The molecule has 1 N–H and O–H groups in total. The number of carbonyl (C=O) groups excluding carboxylic acids is 1. The minimum Gasteiger partial charge on any atom is -0.354 e. The molecule has 1 fully saturated rings. The number of fused-ring (bicyclic) bond motifs is 3. The summed E-state index contributed by atoms with van der Waals surface area (Å²) in [5.74, 6) is 1.62. The highest BCUT2D eigenvalue weighted by Gasteiger charge is 2.35. The Kier molecular flexibility index (Phi) is 3.44. The molecule has 0 saturated heterocycles. The summed E-state index contributed by atoms with van der Waals surface area (Å²) in [7, 11) is 0. The number of allylic oxidation sites excluding steroid dienone is 2. The molecule has 6 nitrogen and oxygen atoms in total. The molecule has 1 heterocycles. The van der Waals surface area contributed by atoms with Gasteiger partial charge in [0.15, 0.2) is 0 Å². The van der Waals surface area contributed by atoms with Gasteiger partial charge >= 0.3 is 0 Å². The van der Waals surface area contributed by atoms with Gasteiger partial charge in [-0.1, -0.05) is 29.5 Å². The van der Waals surface area contributed by atoms with Crippen LogP contribution in [-0.4, -0.2) is 27.4 Å². The van der Waals surface area contributed by atoms with Crippen molar-refractivity contribution in [2.24, 2.45) is 17.8 Å². The number of hydrogen-bond donors (Lipinski definition) is 1. The Morgan fingerprint density at radius 1 is 1.26 bits per heavy atom. The van der Waals surface area contributed by atoms with Gasteiger partial charge in [0.05, 0.1) is 5.39 Å². The molecule has 1 amide bonds. The molecule has 2 aliphatic carbocycles. The Bertz CT molecular complexity index is 842. The lowest BCUT2D eigenvalue weighted by Gasteiger charge is -2.18. The van der Waals surface area contributed by atoms with E-state index in [2.05, 4.69) is 27.8 Å². The topological polar surface area (TPSA) is 76.9 Å². The molecule has 0 aliphatic heterocycles. The van der Waals surface area contributed by atoms with Gasteiger partial charge in [0.25, 0.3) is 5.56 Å². The summed E-state index contributed by atoms with van der Waals surface area (Å²) in [5, 5.41) is 11.2. The van der Waals surface area contributed by atoms with E-state index in [1.807, 2.05) is 0 Å². The number of carbonyl (C=O) groups is 1. The highest BCUT2D eigenvalue weighted by Crippen LogP contribution is 2.42. The molecular formula is C17H18N4O2. The lowest BCUT2D eigenvalue weighted by atomic mass is 9.94. The number of nitrogens with zero attached hydrogens (tertiary/aromatic N) is 3. The molecular weight excluding hydrogens is 292 g/mol. The van der Waals surface area contributed by atoms with E-state index in [0.29, 0.717) is 35.2 Å². The average molecular weight is 310 g/mol. The number of rotatable bonds is 4. The summed E-state index contributed by atoms with van der Waals surface area (Å²) in [4.78, 5) is 24.4. The number of amides is 1. The van der Waals surface area contributed by atoms with Crippen molar-refractivity contribution < 1.29 is 4.79 Å². The predicted octanol–water partition coefficient (Wildman–Crippen LogP) is 1.12. The van der Waals surface area contributed by atoms with E-state index in [1.165, 1.54) is 6.42 Å². The molecule has 0 spiro atoms. The Morgan fingerprint density at radius 2 is 2.13 bits per heavy atom. The fourth-order valence-corrected chi connectivity index (χ4v) is 3.69. The molecule has 6 heteroatoms. The zero-order valence-electron chi connectivity index (χ0n) is 12.7. The molecule has 3 atom stereocenters. The Morgan fingerprint density at radius 3 is 2.91 bits per heavy atom. The van der Waals surface area contributed by atoms with Crippen molar-refractivity contribution in [2.75, 3.05) is 6.54 Å². The second-order valence-corrected chi connectivity index (χ2v) is 6.41. The fourth-order valence-electron chi connectivity index (χ4n) is 3.69. The van der Waals surface area contributed by atoms with Gasteiger partial charge in [-0.2, -0.15) is 0 Å². The van der Waals surface area contributed by atoms with Gasteiger partial charge < -0.3 is 5.32 Å². The molecule has 1 aromatic heterocycles. The number of nitrogens with one attached hydrogen (secondary N) is 1. The predicted molar refractivity (Wildman–Crippen MR) is 85.7 cm³/mol. The van der Waals surface area contributed by atoms with Gasteiger partial charge in [0, 0.05) is 6.54 Å². The largest absolute Gasteiger partial charge is 0.354 e. The summed E-state index contributed by atoms with van der Waals surface area (Å²) in [6.07, 6.45) is 6.92. The van der Waals surface area contributed by atoms with Crippen LogP contribution in [-0.2, 0) is 11.3 Å². The summed E-state index contributed by atoms with van der Waals surface area (Å²) in [6.45, 7) is 0.577. The van der Waals surface area contributed by atoms with Gasteiger partial charge in [-0.3, -0.25) is 9.59 Å². The van der Waals surface area contributed by atoms with Gasteiger partial charge in [-0.15, -0.1) is 5.10 Å². The van der Waals surface area contributed by atoms with E-state index >= 15 is 0 Å². The Labute approximate surface area is 133 Å². The molecule has 2 bridgehead atoms. The molecule has 23 heavy (non-hydrogen) atoms. The van der Waals surface area contributed by atoms with Gasteiger partial charge in [0.2, 0.25) is 5.91 Å². The van der Waals surface area contributed by atoms with Gasteiger partial charge in [0.1, 0.15) is 12.1 Å². The van der Waals surface area contributed by atoms with Crippen LogP contribution >= 0.6 is 0 Å². The lowest BCUT2D eigenvalue weighted by molar-refractivity contribution is -0.122. The van der Waals surface area contributed by atoms with Crippen LogP contribution in [0.25, 0.3) is 10.9 Å². The van der Waals surface area contributed by atoms with E-state index in [0.717, 1.165) is 11.1 Å². The van der Waals surface area contributed by atoms with Crippen LogP contribution in [0, 0.1) is 17.8 Å². The van der Waals surface area contributed by atoms with Gasteiger partial charge in [-0.25, -0.2) is 4.68 Å². The van der Waals surface area contributed by atoms with E-state index in [1.54, 1.807) is 24.3 Å². The quantitative estimate of drug-likeness (QED) is 0.859. The SMILES string of the molecule is O=C(Cn1nnc2ccccc2c1=O)NC[C@@H]1C[C@H]2C=C[C@H]1C2. The van der Waals surface area contributed by atoms with Crippen molar-refractivity contribution in [3.8, 4) is 0 Å². The molecule has 1 aromatic carbocycles. The van der Waals surface area contributed by atoms with Crippen LogP contribution in [0.2, 0.25) is 0 Å². The average Bonchev–Trinajstić information content (AvgIpc) is 3.19. The maximum absolute atomic E-state index is 12.3. The summed E-state index contributed by atoms with van der Waals surface area (Å²) >= 11 is 0. The Balaban J connectivity index is 1.42. The first kappa shape index (κ1) is 14.1. The van der Waals surface area contributed by atoms with Gasteiger partial charge in [-0.05, 0) is 42.7 Å². The highest BCUT2D eigenvalue weighted by atomic mass is 16.2. The Hall–Kier alpha value is -2.50. The highest BCUT2D eigenvalue weighted by molar-refractivity contribution is 5.78.